The Balaban J connectivity index is 1.61. The number of hydrogen-bond donors (Lipinski definition) is 0. The molecular formula is C24H21. The molecule has 24 heavy (non-hydrogen) atoms. The fourth-order valence-electron chi connectivity index (χ4n) is 3.56. The number of rotatable bonds is 4. The smallest absolute Gasteiger partial charge is 0.00285 e. The zero-order valence-corrected chi connectivity index (χ0v) is 14.0. The monoisotopic (exact) mass is 309 g/mol. The van der Waals surface area contributed by atoms with Gasteiger partial charge < -0.3 is 0 Å². The maximum absolute atomic E-state index is 2.27. The maximum Gasteiger partial charge on any atom is 0.00285 e. The molecule has 0 aliphatic rings. The van der Waals surface area contributed by atoms with E-state index in [1.807, 2.05) is 0 Å². The Morgan fingerprint density at radius 3 is 2.00 bits per heavy atom. The van der Waals surface area contributed by atoms with Crippen molar-refractivity contribution in [2.75, 3.05) is 0 Å². The molecule has 4 aromatic carbocycles. The van der Waals surface area contributed by atoms with Crippen LogP contribution in [0.4, 0.5) is 0 Å². The van der Waals surface area contributed by atoms with Gasteiger partial charge in [0.15, 0.2) is 0 Å². The van der Waals surface area contributed by atoms with Crippen LogP contribution in [0, 0.1) is 5.92 Å². The Morgan fingerprint density at radius 1 is 0.625 bits per heavy atom. The molecule has 0 spiro atoms. The first-order chi connectivity index (χ1) is 11.8. The van der Waals surface area contributed by atoms with E-state index in [4.69, 9.17) is 0 Å². The van der Waals surface area contributed by atoms with E-state index in [1.165, 1.54) is 38.6 Å². The number of aryl methyl sites for hydroxylation is 1. The second-order valence-corrected chi connectivity index (χ2v) is 6.45. The van der Waals surface area contributed by atoms with Gasteiger partial charge in [-0.2, -0.15) is 0 Å². The largest absolute Gasteiger partial charge is 0.0616 e. The van der Waals surface area contributed by atoms with Crippen LogP contribution >= 0.6 is 0 Å². The molecule has 4 aromatic rings. The zero-order valence-electron chi connectivity index (χ0n) is 14.0. The van der Waals surface area contributed by atoms with E-state index in [-0.39, 0.29) is 0 Å². The molecule has 0 nitrogen and oxygen atoms in total. The summed E-state index contributed by atoms with van der Waals surface area (Å²) in [6.07, 6.45) is 2.17. The summed E-state index contributed by atoms with van der Waals surface area (Å²) < 4.78 is 0. The molecule has 1 radical (unpaired) electrons. The summed E-state index contributed by atoms with van der Waals surface area (Å²) in [4.78, 5) is 0. The van der Waals surface area contributed by atoms with Crippen LogP contribution in [0.25, 0.3) is 21.5 Å². The van der Waals surface area contributed by atoms with E-state index in [9.17, 15) is 0 Å². The van der Waals surface area contributed by atoms with Crippen LogP contribution in [0.15, 0.2) is 84.9 Å². The first-order valence-electron chi connectivity index (χ1n) is 8.60. The van der Waals surface area contributed by atoms with Gasteiger partial charge in [0.05, 0.1) is 0 Å². The zero-order chi connectivity index (χ0) is 16.4. The van der Waals surface area contributed by atoms with Crippen molar-refractivity contribution in [2.24, 2.45) is 0 Å². The SMILES string of the molecule is C[C](CCc1cccc2ccccc12)c1cccc2ccccc12. The average Bonchev–Trinajstić information content (AvgIpc) is 2.65. The Morgan fingerprint density at radius 2 is 1.21 bits per heavy atom. The molecule has 0 saturated heterocycles. The lowest BCUT2D eigenvalue weighted by molar-refractivity contribution is 0.864. The topological polar surface area (TPSA) is 0 Å². The first-order valence-corrected chi connectivity index (χ1v) is 8.60. The van der Waals surface area contributed by atoms with Crippen molar-refractivity contribution in [1.82, 2.24) is 0 Å². The molecule has 0 heteroatoms. The minimum Gasteiger partial charge on any atom is -0.0616 e. The highest BCUT2D eigenvalue weighted by atomic mass is 14.1. The lowest BCUT2D eigenvalue weighted by atomic mass is 9.89. The minimum absolute atomic E-state index is 1.08. The normalized spacial score (nSPS) is 11.4. The lowest BCUT2D eigenvalue weighted by Crippen LogP contribution is -1.99. The number of hydrogen-bond acceptors (Lipinski definition) is 0. The van der Waals surface area contributed by atoms with Crippen molar-refractivity contribution in [1.29, 1.82) is 0 Å². The quantitative estimate of drug-likeness (QED) is 0.400. The van der Waals surface area contributed by atoms with Gasteiger partial charge in [0, 0.05) is 5.92 Å². The standard InChI is InChI=1S/C24H21/c1-18(22-15-7-12-20-9-3-5-14-24(20)22)16-17-21-11-6-10-19-8-2-4-13-23(19)21/h2-15H,16-17H2,1H3. The van der Waals surface area contributed by atoms with E-state index in [2.05, 4.69) is 91.9 Å². The lowest BCUT2D eigenvalue weighted by Gasteiger charge is -2.15. The minimum atomic E-state index is 1.08. The highest BCUT2D eigenvalue weighted by Gasteiger charge is 2.11. The van der Waals surface area contributed by atoms with Gasteiger partial charge in [-0.05, 0) is 45.5 Å². The molecule has 4 rings (SSSR count). The summed E-state index contributed by atoms with van der Waals surface area (Å²) >= 11 is 0. The molecule has 0 bridgehead atoms. The van der Waals surface area contributed by atoms with Crippen molar-refractivity contribution in [3.8, 4) is 0 Å². The summed E-state index contributed by atoms with van der Waals surface area (Å²) in [6, 6.07) is 30.6. The van der Waals surface area contributed by atoms with Gasteiger partial charge in [-0.1, -0.05) is 91.9 Å². The van der Waals surface area contributed by atoms with Gasteiger partial charge in [-0.15, -0.1) is 0 Å². The fourth-order valence-corrected chi connectivity index (χ4v) is 3.56. The molecule has 0 N–H and O–H groups in total. The summed E-state index contributed by atoms with van der Waals surface area (Å²) in [5.74, 6) is 1.46. The second-order valence-electron chi connectivity index (χ2n) is 6.45. The summed E-state index contributed by atoms with van der Waals surface area (Å²) in [5, 5.41) is 5.39. The van der Waals surface area contributed by atoms with Crippen LogP contribution in [0.1, 0.15) is 24.5 Å². The van der Waals surface area contributed by atoms with Crippen molar-refractivity contribution in [2.45, 2.75) is 19.8 Å². The molecular weight excluding hydrogens is 288 g/mol. The Bertz CT molecular complexity index is 970. The number of fused-ring (bicyclic) bond motifs is 2. The fraction of sp³-hybridized carbons (Fsp3) is 0.125. The van der Waals surface area contributed by atoms with Crippen molar-refractivity contribution >= 4 is 21.5 Å². The second kappa shape index (κ2) is 6.49. The third-order valence-electron chi connectivity index (χ3n) is 4.90. The van der Waals surface area contributed by atoms with Gasteiger partial charge in [0.2, 0.25) is 0 Å². The molecule has 0 aliphatic carbocycles. The van der Waals surface area contributed by atoms with E-state index in [0.717, 1.165) is 12.8 Å². The van der Waals surface area contributed by atoms with Crippen molar-refractivity contribution in [3.63, 3.8) is 0 Å². The maximum atomic E-state index is 2.27. The molecule has 0 saturated carbocycles. The Kier molecular flexibility index (Phi) is 4.04. The van der Waals surface area contributed by atoms with Crippen LogP contribution in [-0.4, -0.2) is 0 Å². The van der Waals surface area contributed by atoms with Crippen LogP contribution < -0.4 is 0 Å². The predicted octanol–water partition coefficient (Wildman–Crippen LogP) is 6.57. The van der Waals surface area contributed by atoms with Crippen LogP contribution in [0.5, 0.6) is 0 Å². The molecule has 0 amide bonds. The third kappa shape index (κ3) is 2.80. The van der Waals surface area contributed by atoms with E-state index in [1.54, 1.807) is 0 Å². The van der Waals surface area contributed by atoms with Crippen LogP contribution in [0.3, 0.4) is 0 Å². The van der Waals surface area contributed by atoms with E-state index in [0.29, 0.717) is 0 Å². The summed E-state index contributed by atoms with van der Waals surface area (Å²) in [6.45, 7) is 2.27. The van der Waals surface area contributed by atoms with Crippen LogP contribution in [-0.2, 0) is 6.42 Å². The van der Waals surface area contributed by atoms with Crippen molar-refractivity contribution in [3.05, 3.63) is 102 Å². The third-order valence-corrected chi connectivity index (χ3v) is 4.90. The molecule has 0 aliphatic heterocycles. The molecule has 0 aromatic heterocycles. The van der Waals surface area contributed by atoms with Gasteiger partial charge in [-0.25, -0.2) is 0 Å². The Labute approximate surface area is 143 Å². The highest BCUT2D eigenvalue weighted by Crippen LogP contribution is 2.29. The molecule has 0 heterocycles. The molecule has 0 unspecified atom stereocenters. The highest BCUT2D eigenvalue weighted by molar-refractivity contribution is 5.88. The van der Waals surface area contributed by atoms with Gasteiger partial charge in [-0.3, -0.25) is 0 Å². The predicted molar refractivity (Wildman–Crippen MR) is 104 cm³/mol. The van der Waals surface area contributed by atoms with E-state index >= 15 is 0 Å². The van der Waals surface area contributed by atoms with Gasteiger partial charge in [0.25, 0.3) is 0 Å². The summed E-state index contributed by atoms with van der Waals surface area (Å²) in [5.41, 5.74) is 2.82. The molecule has 0 atom stereocenters. The average molecular weight is 309 g/mol. The molecule has 0 fully saturated rings. The Hall–Kier alpha value is -2.60. The van der Waals surface area contributed by atoms with E-state index < -0.39 is 0 Å². The first kappa shape index (κ1) is 15.0. The van der Waals surface area contributed by atoms with Crippen molar-refractivity contribution < 1.29 is 0 Å². The number of benzene rings is 4. The van der Waals surface area contributed by atoms with Crippen LogP contribution in [0.2, 0.25) is 0 Å². The summed E-state index contributed by atoms with van der Waals surface area (Å²) in [7, 11) is 0. The van der Waals surface area contributed by atoms with Gasteiger partial charge in [0.1, 0.15) is 0 Å². The molecule has 117 valence electrons. The van der Waals surface area contributed by atoms with Gasteiger partial charge >= 0.3 is 0 Å².